The number of likely N-dealkylation sites (N-methyl/N-ethyl adjacent to an activating group) is 1. The van der Waals surface area contributed by atoms with Crippen molar-refractivity contribution in [1.82, 2.24) is 14.5 Å². The number of nitrogens with one attached hydrogen (secondary N) is 1. The largest absolute Gasteiger partial charge is 0.347 e. The van der Waals surface area contributed by atoms with Crippen LogP contribution in [-0.2, 0) is 14.8 Å². The van der Waals surface area contributed by atoms with Crippen LogP contribution in [0.2, 0.25) is 0 Å². The van der Waals surface area contributed by atoms with Crippen LogP contribution in [0.3, 0.4) is 0 Å². The van der Waals surface area contributed by atoms with Gasteiger partial charge >= 0.3 is 0 Å². The van der Waals surface area contributed by atoms with Crippen LogP contribution in [0.4, 0.5) is 0 Å². The van der Waals surface area contributed by atoms with Crippen LogP contribution in [0, 0.1) is 6.92 Å². The highest BCUT2D eigenvalue weighted by molar-refractivity contribution is 7.89. The molecule has 7 nitrogen and oxygen atoms in total. The topological polar surface area (TPSA) is 86.8 Å². The summed E-state index contributed by atoms with van der Waals surface area (Å²) in [6.45, 7) is 2.14. The van der Waals surface area contributed by atoms with Crippen molar-refractivity contribution in [2.75, 3.05) is 27.7 Å². The number of hydrogen-bond donors (Lipinski definition) is 1. The molecule has 126 valence electrons. The van der Waals surface area contributed by atoms with Gasteiger partial charge in [0, 0.05) is 39.7 Å². The van der Waals surface area contributed by atoms with E-state index in [0.29, 0.717) is 12.1 Å². The third-order valence-electron chi connectivity index (χ3n) is 3.89. The molecule has 8 heteroatoms. The molecular weight excluding hydrogens is 318 g/mol. The highest BCUT2D eigenvalue weighted by Crippen LogP contribution is 2.20. The summed E-state index contributed by atoms with van der Waals surface area (Å²) in [4.78, 5) is 25.5. The van der Waals surface area contributed by atoms with Crippen molar-refractivity contribution in [3.63, 3.8) is 0 Å². The van der Waals surface area contributed by atoms with E-state index in [-0.39, 0.29) is 34.7 Å². The van der Waals surface area contributed by atoms with E-state index < -0.39 is 10.0 Å². The fraction of sp³-hybridized carbons (Fsp3) is 0.467. The molecule has 2 rings (SSSR count). The van der Waals surface area contributed by atoms with Gasteiger partial charge in [-0.25, -0.2) is 12.7 Å². The Hall–Kier alpha value is -1.93. The van der Waals surface area contributed by atoms with Crippen LogP contribution in [0.5, 0.6) is 0 Å². The monoisotopic (exact) mass is 339 g/mol. The Kier molecular flexibility index (Phi) is 4.76. The van der Waals surface area contributed by atoms with E-state index in [4.69, 9.17) is 0 Å². The molecule has 2 amide bonds. The average molecular weight is 339 g/mol. The van der Waals surface area contributed by atoms with Gasteiger partial charge in [-0.05, 0) is 24.6 Å². The molecule has 1 saturated heterocycles. The second-order valence-corrected chi connectivity index (χ2v) is 8.04. The Bertz CT molecular complexity index is 743. The zero-order valence-electron chi connectivity index (χ0n) is 13.7. The lowest BCUT2D eigenvalue weighted by Gasteiger charge is -2.16. The van der Waals surface area contributed by atoms with Crippen LogP contribution in [0.25, 0.3) is 0 Å². The molecule has 1 unspecified atom stereocenters. The van der Waals surface area contributed by atoms with E-state index in [0.717, 1.165) is 4.31 Å². The molecule has 1 atom stereocenters. The van der Waals surface area contributed by atoms with Crippen molar-refractivity contribution in [2.24, 2.45) is 0 Å². The zero-order chi connectivity index (χ0) is 17.4. The van der Waals surface area contributed by atoms with Gasteiger partial charge in [-0.1, -0.05) is 6.07 Å². The lowest BCUT2D eigenvalue weighted by Crippen LogP contribution is -2.36. The maximum Gasteiger partial charge on any atom is 0.251 e. The molecule has 0 saturated carbocycles. The van der Waals surface area contributed by atoms with E-state index in [9.17, 15) is 18.0 Å². The fourth-order valence-electron chi connectivity index (χ4n) is 2.44. The predicted molar refractivity (Wildman–Crippen MR) is 85.6 cm³/mol. The van der Waals surface area contributed by atoms with Crippen LogP contribution in [0.15, 0.2) is 23.1 Å². The quantitative estimate of drug-likeness (QED) is 0.849. The molecule has 1 N–H and O–H groups in total. The van der Waals surface area contributed by atoms with Crippen molar-refractivity contribution in [2.45, 2.75) is 24.3 Å². The number of benzene rings is 1. The molecule has 0 radical (unpaired) electrons. The summed E-state index contributed by atoms with van der Waals surface area (Å²) >= 11 is 0. The Balaban J connectivity index is 2.24. The Labute approximate surface area is 136 Å². The highest BCUT2D eigenvalue weighted by atomic mass is 32.2. The summed E-state index contributed by atoms with van der Waals surface area (Å²) in [5.41, 5.74) is 0.837. The zero-order valence-corrected chi connectivity index (χ0v) is 14.5. The smallest absolute Gasteiger partial charge is 0.251 e. The second-order valence-electron chi connectivity index (χ2n) is 5.92. The molecule has 1 fully saturated rings. The maximum absolute atomic E-state index is 12.3. The average Bonchev–Trinajstić information content (AvgIpc) is 2.77. The lowest BCUT2D eigenvalue weighted by molar-refractivity contribution is -0.126. The van der Waals surface area contributed by atoms with Crippen LogP contribution >= 0.6 is 0 Å². The first-order valence-corrected chi connectivity index (χ1v) is 8.65. The van der Waals surface area contributed by atoms with Crippen LogP contribution in [-0.4, -0.2) is 63.2 Å². The summed E-state index contributed by atoms with van der Waals surface area (Å²) in [7, 11) is 0.957. The van der Waals surface area contributed by atoms with Crippen molar-refractivity contribution in [3.05, 3.63) is 29.3 Å². The SMILES string of the molecule is Cc1ccc(C(=O)NC2CC(=O)N(C)C2)cc1S(=O)(=O)N(C)C. The number of carbonyl (C=O) groups excluding carboxylic acids is 2. The highest BCUT2D eigenvalue weighted by Gasteiger charge is 2.28. The molecule has 1 heterocycles. The second kappa shape index (κ2) is 6.29. The number of likely N-dealkylation sites (tertiary alicyclic amines) is 1. The molecule has 1 aliphatic heterocycles. The lowest BCUT2D eigenvalue weighted by atomic mass is 10.1. The van der Waals surface area contributed by atoms with Gasteiger partial charge in [-0.15, -0.1) is 0 Å². The molecule has 0 aliphatic carbocycles. The number of hydrogen-bond acceptors (Lipinski definition) is 4. The number of sulfonamides is 1. The predicted octanol–water partition coefficient (Wildman–Crippen LogP) is 0.206. The summed E-state index contributed by atoms with van der Waals surface area (Å²) in [5.74, 6) is -0.400. The van der Waals surface area contributed by atoms with Crippen molar-refractivity contribution in [1.29, 1.82) is 0 Å². The Morgan fingerprint density at radius 2 is 2.00 bits per heavy atom. The van der Waals surface area contributed by atoms with Gasteiger partial charge in [0.2, 0.25) is 15.9 Å². The van der Waals surface area contributed by atoms with Crippen molar-refractivity contribution < 1.29 is 18.0 Å². The fourth-order valence-corrected chi connectivity index (χ4v) is 3.59. The third-order valence-corrected chi connectivity index (χ3v) is 5.84. The van der Waals surface area contributed by atoms with E-state index >= 15 is 0 Å². The van der Waals surface area contributed by atoms with Gasteiger partial charge < -0.3 is 10.2 Å². The summed E-state index contributed by atoms with van der Waals surface area (Å²) in [5, 5.41) is 2.77. The molecule has 1 aliphatic rings. The first-order valence-electron chi connectivity index (χ1n) is 7.21. The first kappa shape index (κ1) is 17.4. The van der Waals surface area contributed by atoms with Gasteiger partial charge in [0.05, 0.1) is 10.9 Å². The van der Waals surface area contributed by atoms with Crippen molar-refractivity contribution >= 4 is 21.8 Å². The standard InChI is InChI=1S/C15H21N3O4S/c1-10-5-6-11(7-13(10)23(21,22)17(2)3)15(20)16-12-8-14(19)18(4)9-12/h5-7,12H,8-9H2,1-4H3,(H,16,20). The number of rotatable bonds is 4. The maximum atomic E-state index is 12.3. The minimum absolute atomic E-state index is 0.0184. The normalized spacial score (nSPS) is 18.6. The molecule has 0 aromatic heterocycles. The van der Waals surface area contributed by atoms with Gasteiger partial charge in [-0.2, -0.15) is 0 Å². The first-order chi connectivity index (χ1) is 10.6. The minimum Gasteiger partial charge on any atom is -0.347 e. The summed E-state index contributed by atoms with van der Waals surface area (Å²) in [6, 6.07) is 4.31. The van der Waals surface area contributed by atoms with Gasteiger partial charge in [-0.3, -0.25) is 9.59 Å². The van der Waals surface area contributed by atoms with Gasteiger partial charge in [0.25, 0.3) is 5.91 Å². The molecular formula is C15H21N3O4S. The van der Waals surface area contributed by atoms with Gasteiger partial charge in [0.1, 0.15) is 0 Å². The van der Waals surface area contributed by atoms with Crippen LogP contribution in [0.1, 0.15) is 22.3 Å². The van der Waals surface area contributed by atoms with Gasteiger partial charge in [0.15, 0.2) is 0 Å². The van der Waals surface area contributed by atoms with E-state index in [2.05, 4.69) is 5.32 Å². The Morgan fingerprint density at radius 3 is 2.52 bits per heavy atom. The summed E-state index contributed by atoms with van der Waals surface area (Å²) < 4.78 is 25.7. The number of nitrogens with zero attached hydrogens (tertiary/aromatic N) is 2. The number of aryl methyl sites for hydroxylation is 1. The van der Waals surface area contributed by atoms with Crippen LogP contribution < -0.4 is 5.32 Å². The van der Waals surface area contributed by atoms with E-state index in [1.807, 2.05) is 0 Å². The van der Waals surface area contributed by atoms with Crippen molar-refractivity contribution in [3.8, 4) is 0 Å². The molecule has 1 aromatic rings. The Morgan fingerprint density at radius 1 is 1.35 bits per heavy atom. The minimum atomic E-state index is -3.62. The molecule has 1 aromatic carbocycles. The third kappa shape index (κ3) is 3.53. The molecule has 0 spiro atoms. The summed E-state index contributed by atoms with van der Waals surface area (Å²) in [6.07, 6.45) is 0.261. The number of amides is 2. The van der Waals surface area contributed by atoms with E-state index in [1.165, 1.54) is 20.2 Å². The molecule has 23 heavy (non-hydrogen) atoms. The molecule has 0 bridgehead atoms. The number of carbonyl (C=O) groups is 2. The van der Waals surface area contributed by atoms with E-state index in [1.54, 1.807) is 31.0 Å².